The Kier molecular flexibility index (Phi) is 3.94. The molecule has 0 amide bonds. The van der Waals surface area contributed by atoms with Crippen LogP contribution in [0.2, 0.25) is 0 Å². The van der Waals surface area contributed by atoms with Gasteiger partial charge in [0.15, 0.2) is 0 Å². The average molecular weight is 352 g/mol. The number of hydrogen-bond acceptors (Lipinski definition) is 4. The van der Waals surface area contributed by atoms with Gasteiger partial charge in [0.25, 0.3) is 5.56 Å². The summed E-state index contributed by atoms with van der Waals surface area (Å²) in [5, 5.41) is 11.9. The lowest BCUT2D eigenvalue weighted by Gasteiger charge is -2.06. The molecule has 0 bridgehead atoms. The third-order valence-electron chi connectivity index (χ3n) is 2.31. The lowest BCUT2D eigenvalue weighted by Crippen LogP contribution is -2.14. The SMILES string of the molecule is N#Cc1cccc(CNc2nc[nH]c(=O)c2I)c1. The van der Waals surface area contributed by atoms with Crippen LogP contribution in [-0.2, 0) is 6.54 Å². The van der Waals surface area contributed by atoms with Crippen LogP contribution in [-0.4, -0.2) is 9.97 Å². The number of rotatable bonds is 3. The van der Waals surface area contributed by atoms with Gasteiger partial charge in [-0.3, -0.25) is 4.79 Å². The number of H-pyrrole nitrogens is 1. The molecule has 2 N–H and O–H groups in total. The van der Waals surface area contributed by atoms with Crippen molar-refractivity contribution in [2.45, 2.75) is 6.54 Å². The number of halogens is 1. The van der Waals surface area contributed by atoms with E-state index >= 15 is 0 Å². The van der Waals surface area contributed by atoms with Crippen LogP contribution in [0.1, 0.15) is 11.1 Å². The zero-order valence-electron chi connectivity index (χ0n) is 9.27. The Labute approximate surface area is 117 Å². The molecule has 2 aromatic rings. The van der Waals surface area contributed by atoms with E-state index in [-0.39, 0.29) is 5.56 Å². The predicted molar refractivity (Wildman–Crippen MR) is 76.1 cm³/mol. The van der Waals surface area contributed by atoms with E-state index in [1.54, 1.807) is 12.1 Å². The Morgan fingerprint density at radius 2 is 2.33 bits per heavy atom. The molecule has 0 fully saturated rings. The predicted octanol–water partition coefficient (Wildman–Crippen LogP) is 1.86. The number of hydrogen-bond donors (Lipinski definition) is 2. The fourth-order valence-electron chi connectivity index (χ4n) is 1.44. The highest BCUT2D eigenvalue weighted by Gasteiger charge is 2.04. The van der Waals surface area contributed by atoms with Gasteiger partial charge in [0.1, 0.15) is 9.39 Å². The standard InChI is InChI=1S/C12H9IN4O/c13-10-11(16-7-17-12(10)18)15-6-9-3-1-2-8(4-9)5-14/h1-4,7H,6H2,(H2,15,16,17,18). The molecular weight excluding hydrogens is 343 g/mol. The maximum atomic E-state index is 11.4. The van der Waals surface area contributed by atoms with Crippen molar-refractivity contribution in [3.8, 4) is 6.07 Å². The first-order valence-electron chi connectivity index (χ1n) is 5.17. The fourth-order valence-corrected chi connectivity index (χ4v) is 1.93. The van der Waals surface area contributed by atoms with Gasteiger partial charge in [-0.05, 0) is 40.3 Å². The van der Waals surface area contributed by atoms with E-state index < -0.39 is 0 Å². The van der Waals surface area contributed by atoms with Crippen molar-refractivity contribution in [1.82, 2.24) is 9.97 Å². The monoisotopic (exact) mass is 352 g/mol. The minimum atomic E-state index is -0.168. The molecule has 5 nitrogen and oxygen atoms in total. The summed E-state index contributed by atoms with van der Waals surface area (Å²) in [5.74, 6) is 0.543. The maximum Gasteiger partial charge on any atom is 0.266 e. The molecule has 1 heterocycles. The second-order valence-electron chi connectivity index (χ2n) is 3.56. The third-order valence-corrected chi connectivity index (χ3v) is 3.31. The minimum absolute atomic E-state index is 0.168. The molecule has 0 aliphatic carbocycles. The Morgan fingerprint density at radius 1 is 1.50 bits per heavy atom. The number of aromatic nitrogens is 2. The van der Waals surface area contributed by atoms with E-state index in [2.05, 4.69) is 21.4 Å². The highest BCUT2D eigenvalue weighted by atomic mass is 127. The number of nitrogens with zero attached hydrogens (tertiary/aromatic N) is 2. The van der Waals surface area contributed by atoms with E-state index in [9.17, 15) is 4.79 Å². The fraction of sp³-hybridized carbons (Fsp3) is 0.0833. The second-order valence-corrected chi connectivity index (χ2v) is 4.64. The van der Waals surface area contributed by atoms with Crippen molar-refractivity contribution in [3.63, 3.8) is 0 Å². The van der Waals surface area contributed by atoms with Crippen molar-refractivity contribution in [2.75, 3.05) is 5.32 Å². The van der Waals surface area contributed by atoms with Gasteiger partial charge in [-0.25, -0.2) is 4.98 Å². The van der Waals surface area contributed by atoms with Crippen LogP contribution in [0.25, 0.3) is 0 Å². The molecule has 0 unspecified atom stereocenters. The number of anilines is 1. The first-order valence-corrected chi connectivity index (χ1v) is 6.24. The lowest BCUT2D eigenvalue weighted by atomic mass is 10.1. The number of benzene rings is 1. The summed E-state index contributed by atoms with van der Waals surface area (Å²) in [7, 11) is 0. The van der Waals surface area contributed by atoms with Gasteiger partial charge < -0.3 is 10.3 Å². The zero-order valence-corrected chi connectivity index (χ0v) is 11.4. The molecule has 0 saturated heterocycles. The minimum Gasteiger partial charge on any atom is -0.365 e. The first-order chi connectivity index (χ1) is 8.70. The van der Waals surface area contributed by atoms with Crippen LogP contribution < -0.4 is 10.9 Å². The zero-order chi connectivity index (χ0) is 13.0. The quantitative estimate of drug-likeness (QED) is 0.827. The summed E-state index contributed by atoms with van der Waals surface area (Å²) >= 11 is 1.94. The van der Waals surface area contributed by atoms with E-state index in [4.69, 9.17) is 5.26 Å². The molecule has 1 aromatic heterocycles. The molecule has 0 atom stereocenters. The summed E-state index contributed by atoms with van der Waals surface area (Å²) in [6.07, 6.45) is 1.36. The van der Waals surface area contributed by atoms with Crippen LogP contribution in [0, 0.1) is 14.9 Å². The van der Waals surface area contributed by atoms with Crippen molar-refractivity contribution in [3.05, 3.63) is 55.6 Å². The molecule has 0 saturated carbocycles. The van der Waals surface area contributed by atoms with Crippen LogP contribution >= 0.6 is 22.6 Å². The molecule has 90 valence electrons. The highest BCUT2D eigenvalue weighted by Crippen LogP contribution is 2.11. The van der Waals surface area contributed by atoms with Crippen molar-refractivity contribution in [2.24, 2.45) is 0 Å². The summed E-state index contributed by atoms with van der Waals surface area (Å²) in [4.78, 5) is 17.9. The Balaban J connectivity index is 2.14. The highest BCUT2D eigenvalue weighted by molar-refractivity contribution is 14.1. The number of nitriles is 1. The van der Waals surface area contributed by atoms with Gasteiger partial charge in [0.2, 0.25) is 0 Å². The molecule has 0 aliphatic heterocycles. The van der Waals surface area contributed by atoms with Gasteiger partial charge in [0, 0.05) is 6.54 Å². The molecule has 0 aliphatic rings. The molecule has 2 rings (SSSR count). The van der Waals surface area contributed by atoms with Crippen LogP contribution in [0.5, 0.6) is 0 Å². The molecule has 0 radical (unpaired) electrons. The van der Waals surface area contributed by atoms with E-state index in [1.165, 1.54) is 6.33 Å². The Hall–Kier alpha value is -1.88. The largest absolute Gasteiger partial charge is 0.365 e. The van der Waals surface area contributed by atoms with Gasteiger partial charge in [-0.2, -0.15) is 5.26 Å². The van der Waals surface area contributed by atoms with Crippen molar-refractivity contribution >= 4 is 28.4 Å². The van der Waals surface area contributed by atoms with E-state index in [0.717, 1.165) is 5.56 Å². The summed E-state index contributed by atoms with van der Waals surface area (Å²) in [6, 6.07) is 9.37. The van der Waals surface area contributed by atoms with Crippen molar-refractivity contribution < 1.29 is 0 Å². The molecular formula is C12H9IN4O. The first kappa shape index (κ1) is 12.6. The van der Waals surface area contributed by atoms with Gasteiger partial charge in [-0.15, -0.1) is 0 Å². The number of nitrogens with one attached hydrogen (secondary N) is 2. The van der Waals surface area contributed by atoms with Crippen LogP contribution in [0.15, 0.2) is 35.4 Å². The summed E-state index contributed by atoms with van der Waals surface area (Å²) in [6.45, 7) is 0.516. The second kappa shape index (κ2) is 5.64. The molecule has 6 heteroatoms. The molecule has 0 spiro atoms. The van der Waals surface area contributed by atoms with E-state index in [1.807, 2.05) is 34.7 Å². The van der Waals surface area contributed by atoms with Crippen molar-refractivity contribution in [1.29, 1.82) is 5.26 Å². The van der Waals surface area contributed by atoms with E-state index in [0.29, 0.717) is 21.5 Å². The normalized spacial score (nSPS) is 9.78. The van der Waals surface area contributed by atoms with Crippen LogP contribution in [0.3, 0.4) is 0 Å². The van der Waals surface area contributed by atoms with Gasteiger partial charge >= 0.3 is 0 Å². The number of aromatic amines is 1. The molecule has 18 heavy (non-hydrogen) atoms. The average Bonchev–Trinajstić information content (AvgIpc) is 2.41. The third kappa shape index (κ3) is 2.87. The summed E-state index contributed by atoms with van der Waals surface area (Å²) in [5.41, 5.74) is 1.41. The Morgan fingerprint density at radius 3 is 3.11 bits per heavy atom. The summed E-state index contributed by atoms with van der Waals surface area (Å²) < 4.78 is 0.520. The van der Waals surface area contributed by atoms with Gasteiger partial charge in [0.05, 0.1) is 18.0 Å². The van der Waals surface area contributed by atoms with Crippen LogP contribution in [0.4, 0.5) is 5.82 Å². The smallest absolute Gasteiger partial charge is 0.266 e. The van der Waals surface area contributed by atoms with Gasteiger partial charge in [-0.1, -0.05) is 12.1 Å². The maximum absolute atomic E-state index is 11.4. The topological polar surface area (TPSA) is 81.6 Å². The molecule has 1 aromatic carbocycles. The Bertz CT molecular complexity index is 660. The lowest BCUT2D eigenvalue weighted by molar-refractivity contribution is 1.05.